The van der Waals surface area contributed by atoms with Gasteiger partial charge < -0.3 is 14.6 Å². The summed E-state index contributed by atoms with van der Waals surface area (Å²) in [6.07, 6.45) is 1.21. The van der Waals surface area contributed by atoms with Gasteiger partial charge in [0.2, 0.25) is 5.82 Å². The monoisotopic (exact) mass is 222 g/mol. The smallest absolute Gasteiger partial charge is 0.257 e. The molecule has 3 rings (SSSR count). The molecule has 8 heteroatoms. The van der Waals surface area contributed by atoms with E-state index in [2.05, 4.69) is 30.6 Å². The zero-order chi connectivity index (χ0) is 10.8. The van der Waals surface area contributed by atoms with Gasteiger partial charge in [0.1, 0.15) is 12.4 Å². The third kappa shape index (κ3) is 1.68. The molecule has 16 heavy (non-hydrogen) atoms. The molecule has 1 aliphatic heterocycles. The van der Waals surface area contributed by atoms with Crippen molar-refractivity contribution in [2.45, 2.75) is 6.10 Å². The largest absolute Gasteiger partial charge is 0.366 e. The summed E-state index contributed by atoms with van der Waals surface area (Å²) in [6, 6.07) is 0. The highest BCUT2D eigenvalue weighted by atomic mass is 16.5. The fourth-order valence-corrected chi connectivity index (χ4v) is 1.50. The number of nitrogens with one attached hydrogen (secondary N) is 2. The Hall–Kier alpha value is -1.80. The van der Waals surface area contributed by atoms with Crippen LogP contribution in [0.25, 0.3) is 11.6 Å². The summed E-state index contributed by atoms with van der Waals surface area (Å²) in [4.78, 5) is 8.14. The second-order valence-electron chi connectivity index (χ2n) is 3.35. The molecule has 84 valence electrons. The van der Waals surface area contributed by atoms with Gasteiger partial charge in [0.05, 0.1) is 6.61 Å². The molecule has 0 bridgehead atoms. The molecular formula is C8H10N6O2. The zero-order valence-corrected chi connectivity index (χ0v) is 8.38. The van der Waals surface area contributed by atoms with Crippen molar-refractivity contribution in [2.24, 2.45) is 0 Å². The molecule has 1 fully saturated rings. The first kappa shape index (κ1) is 9.43. The van der Waals surface area contributed by atoms with Crippen LogP contribution < -0.4 is 5.32 Å². The Morgan fingerprint density at radius 1 is 1.44 bits per heavy atom. The molecule has 1 saturated heterocycles. The van der Waals surface area contributed by atoms with Gasteiger partial charge in [0.15, 0.2) is 5.82 Å². The Bertz CT molecular complexity index is 447. The first-order valence-corrected chi connectivity index (χ1v) is 4.95. The van der Waals surface area contributed by atoms with E-state index in [4.69, 9.17) is 9.26 Å². The maximum atomic E-state index is 5.49. The predicted molar refractivity (Wildman–Crippen MR) is 51.2 cm³/mol. The highest BCUT2D eigenvalue weighted by molar-refractivity contribution is 5.39. The first-order valence-electron chi connectivity index (χ1n) is 4.95. The van der Waals surface area contributed by atoms with E-state index in [9.17, 15) is 0 Å². The summed E-state index contributed by atoms with van der Waals surface area (Å²) in [5.74, 6) is 1.33. The molecule has 2 N–H and O–H groups in total. The van der Waals surface area contributed by atoms with E-state index >= 15 is 0 Å². The molecule has 0 radical (unpaired) electrons. The molecule has 3 heterocycles. The molecular weight excluding hydrogens is 212 g/mol. The molecule has 2 aromatic rings. The molecule has 8 nitrogen and oxygen atoms in total. The van der Waals surface area contributed by atoms with Crippen molar-refractivity contribution < 1.29 is 9.26 Å². The number of rotatable bonds is 2. The van der Waals surface area contributed by atoms with Crippen molar-refractivity contribution in [3.63, 3.8) is 0 Å². The number of nitrogens with zero attached hydrogens (tertiary/aromatic N) is 4. The van der Waals surface area contributed by atoms with Crippen LogP contribution in [0.3, 0.4) is 0 Å². The van der Waals surface area contributed by atoms with Crippen LogP contribution in [0.2, 0.25) is 0 Å². The normalized spacial score (nSPS) is 21.1. The van der Waals surface area contributed by atoms with Crippen LogP contribution in [0, 0.1) is 0 Å². The summed E-state index contributed by atoms with van der Waals surface area (Å²) in [5, 5.41) is 13.4. The predicted octanol–water partition coefficient (Wildman–Crippen LogP) is -0.484. The Labute approximate surface area is 90.4 Å². The van der Waals surface area contributed by atoms with E-state index in [1.165, 1.54) is 6.33 Å². The van der Waals surface area contributed by atoms with Crippen LogP contribution in [0.4, 0.5) is 0 Å². The maximum absolute atomic E-state index is 5.49. The van der Waals surface area contributed by atoms with Gasteiger partial charge >= 0.3 is 0 Å². The Kier molecular flexibility index (Phi) is 2.35. The van der Waals surface area contributed by atoms with E-state index < -0.39 is 0 Å². The molecule has 0 aliphatic carbocycles. The molecule has 0 amide bonds. The van der Waals surface area contributed by atoms with Gasteiger partial charge in [0.25, 0.3) is 5.89 Å². The molecule has 0 saturated carbocycles. The van der Waals surface area contributed by atoms with Gasteiger partial charge in [-0.3, -0.25) is 5.10 Å². The van der Waals surface area contributed by atoms with Gasteiger partial charge in [-0.1, -0.05) is 5.16 Å². The van der Waals surface area contributed by atoms with Crippen LogP contribution in [0.5, 0.6) is 0 Å². The van der Waals surface area contributed by atoms with Crippen molar-refractivity contribution in [1.29, 1.82) is 0 Å². The van der Waals surface area contributed by atoms with Gasteiger partial charge in [0, 0.05) is 13.1 Å². The second-order valence-corrected chi connectivity index (χ2v) is 3.35. The molecule has 0 spiro atoms. The molecule has 1 atom stereocenters. The maximum Gasteiger partial charge on any atom is 0.257 e. The number of morpholine rings is 1. The zero-order valence-electron chi connectivity index (χ0n) is 8.38. The molecule has 1 unspecified atom stereocenters. The average Bonchev–Trinajstić information content (AvgIpc) is 3.01. The standard InChI is InChI=1S/C8H10N6O2/c1-2-15-5(3-9-1)8-12-7(14-16-8)6-10-4-11-13-6/h4-5,9H,1-3H2,(H,10,11,13). The highest BCUT2D eigenvalue weighted by Crippen LogP contribution is 2.18. The van der Waals surface area contributed by atoms with Crippen molar-refractivity contribution in [3.8, 4) is 11.6 Å². The van der Waals surface area contributed by atoms with Gasteiger partial charge in [-0.05, 0) is 0 Å². The third-order valence-corrected chi connectivity index (χ3v) is 2.27. The highest BCUT2D eigenvalue weighted by Gasteiger charge is 2.23. The topological polar surface area (TPSA) is 102 Å². The van der Waals surface area contributed by atoms with E-state index in [1.54, 1.807) is 0 Å². The molecule has 2 aromatic heterocycles. The van der Waals surface area contributed by atoms with Crippen LogP contribution in [-0.2, 0) is 4.74 Å². The number of ether oxygens (including phenoxy) is 1. The molecule has 1 aliphatic rings. The molecule has 0 aromatic carbocycles. The Morgan fingerprint density at radius 2 is 2.44 bits per heavy atom. The lowest BCUT2D eigenvalue weighted by Gasteiger charge is -2.19. The number of aromatic nitrogens is 5. The van der Waals surface area contributed by atoms with Crippen LogP contribution in [0.15, 0.2) is 10.9 Å². The van der Waals surface area contributed by atoms with Gasteiger partial charge in [-0.25, -0.2) is 4.98 Å². The van der Waals surface area contributed by atoms with E-state index in [1.807, 2.05) is 0 Å². The van der Waals surface area contributed by atoms with Crippen molar-refractivity contribution in [2.75, 3.05) is 19.7 Å². The lowest BCUT2D eigenvalue weighted by atomic mass is 10.3. The minimum absolute atomic E-state index is 0.182. The van der Waals surface area contributed by atoms with Crippen molar-refractivity contribution in [1.82, 2.24) is 30.6 Å². The summed E-state index contributed by atoms with van der Waals surface area (Å²) >= 11 is 0. The van der Waals surface area contributed by atoms with Crippen LogP contribution in [-0.4, -0.2) is 45.0 Å². The fraction of sp³-hybridized carbons (Fsp3) is 0.500. The Morgan fingerprint density at radius 3 is 3.19 bits per heavy atom. The number of aromatic amines is 1. The summed E-state index contributed by atoms with van der Waals surface area (Å²) in [7, 11) is 0. The van der Waals surface area contributed by atoms with Crippen molar-refractivity contribution in [3.05, 3.63) is 12.2 Å². The minimum atomic E-state index is -0.182. The minimum Gasteiger partial charge on any atom is -0.366 e. The van der Waals surface area contributed by atoms with Crippen LogP contribution >= 0.6 is 0 Å². The summed E-state index contributed by atoms with van der Waals surface area (Å²) < 4.78 is 10.6. The fourth-order valence-electron chi connectivity index (χ4n) is 1.50. The SMILES string of the molecule is c1n[nH]c(-c2noc(C3CNCCO3)n2)n1. The van der Waals surface area contributed by atoms with Gasteiger partial charge in [-0.2, -0.15) is 10.1 Å². The quantitative estimate of drug-likeness (QED) is 0.707. The Balaban J connectivity index is 1.82. The average molecular weight is 222 g/mol. The van der Waals surface area contributed by atoms with Crippen molar-refractivity contribution >= 4 is 0 Å². The van der Waals surface area contributed by atoms with E-state index in [0.29, 0.717) is 30.7 Å². The number of hydrogen-bond donors (Lipinski definition) is 2. The lowest BCUT2D eigenvalue weighted by molar-refractivity contribution is 0.00755. The number of H-pyrrole nitrogens is 1. The van der Waals surface area contributed by atoms with Gasteiger partial charge in [-0.15, -0.1) is 0 Å². The van der Waals surface area contributed by atoms with E-state index in [0.717, 1.165) is 6.54 Å². The second kappa shape index (κ2) is 3.99. The van der Waals surface area contributed by atoms with Crippen LogP contribution in [0.1, 0.15) is 12.0 Å². The van der Waals surface area contributed by atoms with E-state index in [-0.39, 0.29) is 6.10 Å². The first-order chi connectivity index (χ1) is 7.93. The third-order valence-electron chi connectivity index (χ3n) is 2.27. The summed E-state index contributed by atoms with van der Waals surface area (Å²) in [6.45, 7) is 2.17. The summed E-state index contributed by atoms with van der Waals surface area (Å²) in [5.41, 5.74) is 0. The lowest BCUT2D eigenvalue weighted by Crippen LogP contribution is -2.33. The number of hydrogen-bond acceptors (Lipinski definition) is 7.